The van der Waals surface area contributed by atoms with Crippen LogP contribution in [0, 0.1) is 5.92 Å². The van der Waals surface area contributed by atoms with Crippen LogP contribution in [0.1, 0.15) is 69.0 Å². The van der Waals surface area contributed by atoms with Crippen LogP contribution in [-0.2, 0) is 16.0 Å². The van der Waals surface area contributed by atoms with Crippen molar-refractivity contribution in [2.45, 2.75) is 59.4 Å². The molecule has 0 unspecified atom stereocenters. The number of likely N-dealkylation sites (N-methyl/N-ethyl adjacent to an activating group) is 1. The van der Waals surface area contributed by atoms with Crippen LogP contribution in [0.5, 0.6) is 5.75 Å². The molecule has 1 aliphatic rings. The van der Waals surface area contributed by atoms with E-state index in [0.717, 1.165) is 12.2 Å². The lowest BCUT2D eigenvalue weighted by molar-refractivity contribution is -0.143. The first kappa shape index (κ1) is 24.3. The molecule has 0 saturated carbocycles. The number of benzene rings is 1. The van der Waals surface area contributed by atoms with Gasteiger partial charge in [0.25, 0.3) is 0 Å². The van der Waals surface area contributed by atoms with Gasteiger partial charge >= 0.3 is 0 Å². The Labute approximate surface area is 196 Å². The van der Waals surface area contributed by atoms with E-state index in [9.17, 15) is 9.59 Å². The van der Waals surface area contributed by atoms with Crippen LogP contribution >= 0.6 is 11.3 Å². The fraction of sp³-hybridized carbons (Fsp3) is 0.538. The minimum Gasteiger partial charge on any atom is -0.491 e. The summed E-state index contributed by atoms with van der Waals surface area (Å²) in [6.45, 7) is 12.1. The highest BCUT2D eigenvalue weighted by atomic mass is 32.1. The van der Waals surface area contributed by atoms with Gasteiger partial charge in [-0.1, -0.05) is 39.8 Å². The molecule has 2 amide bonds. The molecule has 6 heteroatoms. The Hall–Kier alpha value is -2.34. The third-order valence-corrected chi connectivity index (χ3v) is 7.01. The summed E-state index contributed by atoms with van der Waals surface area (Å²) in [4.78, 5) is 30.8. The Morgan fingerprint density at radius 1 is 1.16 bits per heavy atom. The van der Waals surface area contributed by atoms with E-state index in [1.165, 1.54) is 16.0 Å². The van der Waals surface area contributed by atoms with E-state index in [2.05, 4.69) is 37.4 Å². The van der Waals surface area contributed by atoms with Crippen molar-refractivity contribution in [1.82, 2.24) is 9.80 Å². The van der Waals surface area contributed by atoms with E-state index in [-0.39, 0.29) is 30.3 Å². The molecule has 2 heterocycles. The fourth-order valence-corrected chi connectivity index (χ4v) is 5.04. The molecule has 1 atom stereocenters. The molecular formula is C26H36N2O3S. The van der Waals surface area contributed by atoms with E-state index in [4.69, 9.17) is 4.74 Å². The molecule has 174 valence electrons. The zero-order chi connectivity index (χ0) is 23.3. The lowest BCUT2D eigenvalue weighted by Crippen LogP contribution is -2.47. The van der Waals surface area contributed by atoms with Crippen molar-refractivity contribution in [3.8, 4) is 5.75 Å². The number of nitrogens with zero attached hydrogens (tertiary/aromatic N) is 2. The molecule has 0 spiro atoms. The Morgan fingerprint density at radius 3 is 2.50 bits per heavy atom. The molecule has 0 fully saturated rings. The standard InChI is InChI=1S/C26H36N2O3S/c1-6-27(25(29)15-18(2)3)16-26(30)28-13-11-24-22(12-14-32-24)23(28)17-31-21-9-7-20(8-10-21)19(4)5/h7-10,12,14,18-19,23H,6,11,13,15-17H2,1-5H3/t23-/m0/s1. The molecule has 3 rings (SSSR count). The second kappa shape index (κ2) is 11.0. The van der Waals surface area contributed by atoms with Gasteiger partial charge in [0, 0.05) is 24.4 Å². The molecule has 0 radical (unpaired) electrons. The van der Waals surface area contributed by atoms with Crippen LogP contribution in [0.25, 0.3) is 0 Å². The van der Waals surface area contributed by atoms with Gasteiger partial charge in [0.1, 0.15) is 12.4 Å². The maximum absolute atomic E-state index is 13.3. The van der Waals surface area contributed by atoms with Gasteiger partial charge in [0.2, 0.25) is 11.8 Å². The maximum Gasteiger partial charge on any atom is 0.242 e. The van der Waals surface area contributed by atoms with Crippen LogP contribution in [0.2, 0.25) is 0 Å². The minimum atomic E-state index is -0.138. The first-order valence-corrected chi connectivity index (χ1v) is 12.5. The Balaban J connectivity index is 1.72. The minimum absolute atomic E-state index is 0.00966. The molecule has 1 aromatic heterocycles. The van der Waals surface area contributed by atoms with Crippen molar-refractivity contribution in [2.75, 3.05) is 26.2 Å². The van der Waals surface area contributed by atoms with Crippen LogP contribution in [0.3, 0.4) is 0 Å². The third kappa shape index (κ3) is 5.91. The van der Waals surface area contributed by atoms with Gasteiger partial charge < -0.3 is 14.5 Å². The summed E-state index contributed by atoms with van der Waals surface area (Å²) in [5.74, 6) is 1.60. The molecular weight excluding hydrogens is 420 g/mol. The van der Waals surface area contributed by atoms with Crippen LogP contribution in [0.15, 0.2) is 35.7 Å². The summed E-state index contributed by atoms with van der Waals surface area (Å²) in [7, 11) is 0. The molecule has 2 aromatic rings. The summed E-state index contributed by atoms with van der Waals surface area (Å²) in [5, 5.41) is 2.09. The van der Waals surface area contributed by atoms with Crippen molar-refractivity contribution in [1.29, 1.82) is 0 Å². The summed E-state index contributed by atoms with van der Waals surface area (Å²) in [6.07, 6.45) is 1.32. The molecule has 32 heavy (non-hydrogen) atoms. The number of thiophene rings is 1. The number of ether oxygens (including phenoxy) is 1. The average molecular weight is 457 g/mol. The molecule has 5 nitrogen and oxygen atoms in total. The SMILES string of the molecule is CCN(CC(=O)N1CCc2sccc2[C@@H]1COc1ccc(C(C)C)cc1)C(=O)CC(C)C. The topological polar surface area (TPSA) is 49.9 Å². The summed E-state index contributed by atoms with van der Waals surface area (Å²) in [5.41, 5.74) is 2.45. The zero-order valence-electron chi connectivity index (χ0n) is 20.0. The maximum atomic E-state index is 13.3. The Kier molecular flexibility index (Phi) is 8.35. The normalized spacial score (nSPS) is 15.7. The second-order valence-corrected chi connectivity index (χ2v) is 10.2. The van der Waals surface area contributed by atoms with Crippen LogP contribution < -0.4 is 4.74 Å². The zero-order valence-corrected chi connectivity index (χ0v) is 20.8. The molecule has 0 bridgehead atoms. The van der Waals surface area contributed by atoms with Gasteiger partial charge in [-0.3, -0.25) is 9.59 Å². The van der Waals surface area contributed by atoms with Gasteiger partial charge in [0.05, 0.1) is 12.6 Å². The number of carbonyl (C=O) groups excluding carboxylic acids is 2. The van der Waals surface area contributed by atoms with Gasteiger partial charge in [-0.25, -0.2) is 0 Å². The number of hydrogen-bond acceptors (Lipinski definition) is 4. The predicted octanol–water partition coefficient (Wildman–Crippen LogP) is 5.27. The number of amides is 2. The van der Waals surface area contributed by atoms with Gasteiger partial charge in [-0.15, -0.1) is 11.3 Å². The molecule has 1 aromatic carbocycles. The first-order valence-electron chi connectivity index (χ1n) is 11.7. The Bertz CT molecular complexity index is 904. The Morgan fingerprint density at radius 2 is 1.88 bits per heavy atom. The molecule has 0 N–H and O–H groups in total. The second-order valence-electron chi connectivity index (χ2n) is 9.19. The van der Waals surface area contributed by atoms with E-state index < -0.39 is 0 Å². The quantitative estimate of drug-likeness (QED) is 0.516. The van der Waals surface area contributed by atoms with Gasteiger partial charge in [-0.05, 0) is 59.9 Å². The van der Waals surface area contributed by atoms with Gasteiger partial charge in [0.15, 0.2) is 0 Å². The smallest absolute Gasteiger partial charge is 0.242 e. The summed E-state index contributed by atoms with van der Waals surface area (Å²) >= 11 is 1.74. The van der Waals surface area contributed by atoms with Crippen molar-refractivity contribution >= 4 is 23.2 Å². The molecule has 1 aliphatic heterocycles. The molecule has 0 aliphatic carbocycles. The van der Waals surface area contributed by atoms with E-state index >= 15 is 0 Å². The fourth-order valence-electron chi connectivity index (χ4n) is 4.11. The number of rotatable bonds is 9. The number of carbonyl (C=O) groups is 2. The summed E-state index contributed by atoms with van der Waals surface area (Å²) < 4.78 is 6.15. The number of fused-ring (bicyclic) bond motifs is 1. The number of hydrogen-bond donors (Lipinski definition) is 0. The predicted molar refractivity (Wildman–Crippen MR) is 130 cm³/mol. The first-order chi connectivity index (χ1) is 15.3. The van der Waals surface area contributed by atoms with Crippen LogP contribution in [-0.4, -0.2) is 47.9 Å². The van der Waals surface area contributed by atoms with Crippen molar-refractivity contribution in [3.05, 3.63) is 51.7 Å². The average Bonchev–Trinajstić information content (AvgIpc) is 3.24. The van der Waals surface area contributed by atoms with E-state index in [1.807, 2.05) is 37.8 Å². The van der Waals surface area contributed by atoms with E-state index in [0.29, 0.717) is 32.0 Å². The highest BCUT2D eigenvalue weighted by Gasteiger charge is 2.33. The largest absolute Gasteiger partial charge is 0.491 e. The van der Waals surface area contributed by atoms with Crippen molar-refractivity contribution in [2.24, 2.45) is 5.92 Å². The van der Waals surface area contributed by atoms with Gasteiger partial charge in [-0.2, -0.15) is 0 Å². The van der Waals surface area contributed by atoms with Crippen molar-refractivity contribution < 1.29 is 14.3 Å². The molecule has 0 saturated heterocycles. The van der Waals surface area contributed by atoms with Crippen LogP contribution in [0.4, 0.5) is 0 Å². The highest BCUT2D eigenvalue weighted by molar-refractivity contribution is 7.10. The van der Waals surface area contributed by atoms with Crippen molar-refractivity contribution in [3.63, 3.8) is 0 Å². The third-order valence-electron chi connectivity index (χ3n) is 6.01. The lowest BCUT2D eigenvalue weighted by Gasteiger charge is -2.37. The highest BCUT2D eigenvalue weighted by Crippen LogP contribution is 2.34. The summed E-state index contributed by atoms with van der Waals surface area (Å²) in [6, 6.07) is 10.2. The lowest BCUT2D eigenvalue weighted by atomic mass is 10.00. The monoisotopic (exact) mass is 456 g/mol. The van der Waals surface area contributed by atoms with E-state index in [1.54, 1.807) is 16.2 Å².